The Hall–Kier alpha value is -0.0500. The molecule has 15 heavy (non-hydrogen) atoms. The fourth-order valence-electron chi connectivity index (χ4n) is 2.11. The largest absolute Gasteiger partial charge is 0.378 e. The van der Waals surface area contributed by atoms with E-state index in [9.17, 15) is 0 Å². The van der Waals surface area contributed by atoms with Crippen molar-refractivity contribution in [3.63, 3.8) is 0 Å². The van der Waals surface area contributed by atoms with E-state index in [0.717, 1.165) is 19.3 Å². The van der Waals surface area contributed by atoms with Crippen LogP contribution < -0.4 is 0 Å². The molecule has 0 spiro atoms. The van der Waals surface area contributed by atoms with Gasteiger partial charge in [0.05, 0.1) is 11.0 Å². The molecule has 0 radical (unpaired) electrons. The predicted octanol–water partition coefficient (Wildman–Crippen LogP) is 4.30. The van der Waals surface area contributed by atoms with Crippen LogP contribution in [-0.2, 0) is 4.74 Å². The topological polar surface area (TPSA) is 9.23 Å². The molecule has 0 aromatic carbocycles. The van der Waals surface area contributed by atoms with Crippen molar-refractivity contribution in [2.45, 2.75) is 43.6 Å². The Morgan fingerprint density at radius 3 is 2.67 bits per heavy atom. The minimum absolute atomic E-state index is 0.0737. The van der Waals surface area contributed by atoms with Crippen LogP contribution in [0.2, 0.25) is 0 Å². The Morgan fingerprint density at radius 1 is 1.53 bits per heavy atom. The maximum Gasteiger partial charge on any atom is 0.0706 e. The van der Waals surface area contributed by atoms with Gasteiger partial charge in [0.1, 0.15) is 0 Å². The number of hydrogen-bond donors (Lipinski definition) is 0. The van der Waals surface area contributed by atoms with Crippen molar-refractivity contribution in [1.82, 2.24) is 0 Å². The minimum atomic E-state index is 0.0737. The smallest absolute Gasteiger partial charge is 0.0706 e. The Kier molecular flexibility index (Phi) is 3.39. The van der Waals surface area contributed by atoms with Gasteiger partial charge in [-0.05, 0) is 44.7 Å². The molecule has 0 amide bonds. The number of aryl methyl sites for hydroxylation is 1. The number of hydrogen-bond acceptors (Lipinski definition) is 2. The molecule has 1 nitrogen and oxygen atoms in total. The number of methoxy groups -OCH3 is 1. The predicted molar refractivity (Wildman–Crippen MR) is 65.9 cm³/mol. The summed E-state index contributed by atoms with van der Waals surface area (Å²) in [6, 6.07) is 4.27. The molecule has 1 unspecified atom stereocenters. The molecule has 0 saturated heterocycles. The maximum absolute atomic E-state index is 6.43. The summed E-state index contributed by atoms with van der Waals surface area (Å²) in [5.41, 5.74) is 0.0737. The van der Waals surface area contributed by atoms with Crippen LogP contribution >= 0.6 is 22.9 Å². The first-order valence-electron chi connectivity index (χ1n) is 5.41. The van der Waals surface area contributed by atoms with Crippen LogP contribution in [0.15, 0.2) is 12.1 Å². The zero-order chi connectivity index (χ0) is 10.9. The van der Waals surface area contributed by atoms with Crippen molar-refractivity contribution in [1.29, 1.82) is 0 Å². The van der Waals surface area contributed by atoms with Crippen molar-refractivity contribution in [2.24, 2.45) is 0 Å². The van der Waals surface area contributed by atoms with E-state index in [2.05, 4.69) is 19.1 Å². The van der Waals surface area contributed by atoms with Gasteiger partial charge in [-0.2, -0.15) is 0 Å². The van der Waals surface area contributed by atoms with E-state index in [-0.39, 0.29) is 11.0 Å². The first-order chi connectivity index (χ1) is 7.15. The van der Waals surface area contributed by atoms with Crippen LogP contribution in [0.3, 0.4) is 0 Å². The van der Waals surface area contributed by atoms with Gasteiger partial charge in [-0.1, -0.05) is 0 Å². The molecule has 1 saturated carbocycles. The first-order valence-corrected chi connectivity index (χ1v) is 6.66. The lowest BCUT2D eigenvalue weighted by molar-refractivity contribution is -0.0778. The average Bonchev–Trinajstić information content (AvgIpc) is 2.58. The van der Waals surface area contributed by atoms with Gasteiger partial charge < -0.3 is 4.74 Å². The van der Waals surface area contributed by atoms with Gasteiger partial charge in [0.2, 0.25) is 0 Å². The Labute approximate surface area is 100 Å². The second-order valence-corrected chi connectivity index (χ2v) is 6.21. The highest BCUT2D eigenvalue weighted by Gasteiger charge is 2.39. The molecule has 1 aliphatic rings. The molecule has 1 heterocycles. The highest BCUT2D eigenvalue weighted by atomic mass is 35.5. The monoisotopic (exact) mass is 244 g/mol. The number of thiophene rings is 1. The normalized spacial score (nSPS) is 21.0. The van der Waals surface area contributed by atoms with Gasteiger partial charge in [0.25, 0.3) is 0 Å². The third-order valence-electron chi connectivity index (χ3n) is 3.32. The third kappa shape index (κ3) is 2.38. The van der Waals surface area contributed by atoms with Gasteiger partial charge in [-0.15, -0.1) is 22.9 Å². The maximum atomic E-state index is 6.43. The second kappa shape index (κ2) is 4.44. The van der Waals surface area contributed by atoms with E-state index in [0.29, 0.717) is 0 Å². The standard InChI is InChI=1S/C12H17ClOS/c1-9-4-5-11(15-9)10(13)8-12(14-2)6-3-7-12/h4-5,10H,3,6-8H2,1-2H3. The van der Waals surface area contributed by atoms with Gasteiger partial charge >= 0.3 is 0 Å². The summed E-state index contributed by atoms with van der Waals surface area (Å²) in [7, 11) is 1.81. The van der Waals surface area contributed by atoms with Crippen molar-refractivity contribution >= 4 is 22.9 Å². The van der Waals surface area contributed by atoms with Gasteiger partial charge in [0, 0.05) is 16.9 Å². The SMILES string of the molecule is COC1(CC(Cl)c2ccc(C)s2)CCC1. The van der Waals surface area contributed by atoms with Gasteiger partial charge in [0.15, 0.2) is 0 Å². The zero-order valence-corrected chi connectivity index (χ0v) is 10.8. The number of rotatable bonds is 4. The molecule has 1 fully saturated rings. The van der Waals surface area contributed by atoms with Crippen LogP contribution in [0.4, 0.5) is 0 Å². The fourth-order valence-corrected chi connectivity index (χ4v) is 3.45. The average molecular weight is 245 g/mol. The molecule has 0 aliphatic heterocycles. The molecular formula is C12H17ClOS. The third-order valence-corrected chi connectivity index (χ3v) is 4.95. The molecule has 1 aromatic heterocycles. The summed E-state index contributed by atoms with van der Waals surface area (Å²) in [5.74, 6) is 0. The van der Waals surface area contributed by atoms with Gasteiger partial charge in [-0.3, -0.25) is 0 Å². The Balaban J connectivity index is 1.99. The summed E-state index contributed by atoms with van der Waals surface area (Å²) in [6.07, 6.45) is 4.56. The van der Waals surface area contributed by atoms with E-state index in [1.807, 2.05) is 7.11 Å². The Morgan fingerprint density at radius 2 is 2.27 bits per heavy atom. The van der Waals surface area contributed by atoms with Crippen molar-refractivity contribution in [3.8, 4) is 0 Å². The van der Waals surface area contributed by atoms with Crippen molar-refractivity contribution < 1.29 is 4.74 Å². The van der Waals surface area contributed by atoms with E-state index < -0.39 is 0 Å². The zero-order valence-electron chi connectivity index (χ0n) is 9.25. The molecule has 2 rings (SSSR count). The highest BCUT2D eigenvalue weighted by Crippen LogP contribution is 2.44. The van der Waals surface area contributed by atoms with E-state index in [1.165, 1.54) is 16.2 Å². The van der Waals surface area contributed by atoms with Crippen LogP contribution in [0, 0.1) is 6.92 Å². The van der Waals surface area contributed by atoms with Crippen LogP contribution in [-0.4, -0.2) is 12.7 Å². The first kappa shape index (κ1) is 11.4. The molecule has 1 atom stereocenters. The van der Waals surface area contributed by atoms with Crippen LogP contribution in [0.5, 0.6) is 0 Å². The fraction of sp³-hybridized carbons (Fsp3) is 0.667. The Bertz CT molecular complexity index is 325. The summed E-state index contributed by atoms with van der Waals surface area (Å²) in [6.45, 7) is 2.12. The second-order valence-electron chi connectivity index (χ2n) is 4.36. The summed E-state index contributed by atoms with van der Waals surface area (Å²) >= 11 is 8.22. The summed E-state index contributed by atoms with van der Waals surface area (Å²) in [5, 5.41) is 0.115. The quantitative estimate of drug-likeness (QED) is 0.718. The lowest BCUT2D eigenvalue weighted by Crippen LogP contribution is -2.39. The minimum Gasteiger partial charge on any atom is -0.378 e. The highest BCUT2D eigenvalue weighted by molar-refractivity contribution is 7.12. The lowest BCUT2D eigenvalue weighted by atomic mass is 9.76. The van der Waals surface area contributed by atoms with Crippen LogP contribution in [0.25, 0.3) is 0 Å². The van der Waals surface area contributed by atoms with E-state index >= 15 is 0 Å². The lowest BCUT2D eigenvalue weighted by Gasteiger charge is -2.41. The van der Waals surface area contributed by atoms with Gasteiger partial charge in [-0.25, -0.2) is 0 Å². The number of halogens is 1. The van der Waals surface area contributed by atoms with Crippen molar-refractivity contribution in [2.75, 3.05) is 7.11 Å². The summed E-state index contributed by atoms with van der Waals surface area (Å²) in [4.78, 5) is 2.60. The van der Waals surface area contributed by atoms with Crippen LogP contribution in [0.1, 0.15) is 40.8 Å². The molecule has 0 N–H and O–H groups in total. The molecule has 1 aliphatic carbocycles. The number of ether oxygens (including phenoxy) is 1. The molecule has 1 aromatic rings. The molecule has 84 valence electrons. The molecule has 3 heteroatoms. The van der Waals surface area contributed by atoms with E-state index in [4.69, 9.17) is 16.3 Å². The molecular weight excluding hydrogens is 228 g/mol. The summed E-state index contributed by atoms with van der Waals surface area (Å²) < 4.78 is 5.59. The van der Waals surface area contributed by atoms with E-state index in [1.54, 1.807) is 11.3 Å². The molecule has 0 bridgehead atoms. The number of alkyl halides is 1. The van der Waals surface area contributed by atoms with Crippen molar-refractivity contribution in [3.05, 3.63) is 21.9 Å².